The van der Waals surface area contributed by atoms with Crippen molar-refractivity contribution in [2.75, 3.05) is 19.8 Å². The fourth-order valence-corrected chi connectivity index (χ4v) is 1.44. The lowest BCUT2D eigenvalue weighted by atomic mass is 9.96. The Morgan fingerprint density at radius 3 is 2.75 bits per heavy atom. The summed E-state index contributed by atoms with van der Waals surface area (Å²) in [6, 6.07) is 0. The van der Waals surface area contributed by atoms with E-state index in [0.717, 1.165) is 39.1 Å². The van der Waals surface area contributed by atoms with Crippen molar-refractivity contribution in [1.82, 2.24) is 0 Å². The minimum absolute atomic E-state index is 0.0533. The molecule has 0 aromatic heterocycles. The van der Waals surface area contributed by atoms with Gasteiger partial charge in [-0.3, -0.25) is 0 Å². The lowest BCUT2D eigenvalue weighted by Crippen LogP contribution is -2.51. The zero-order chi connectivity index (χ0) is 8.86. The van der Waals surface area contributed by atoms with Gasteiger partial charge in [0, 0.05) is 0 Å². The third kappa shape index (κ3) is 2.32. The molecular formula is C10H18O2. The topological polar surface area (TPSA) is 18.5 Å². The fraction of sp³-hybridized carbons (Fsp3) is 0.800. The summed E-state index contributed by atoms with van der Waals surface area (Å²) in [4.78, 5) is 0. The highest BCUT2D eigenvalue weighted by atomic mass is 16.6. The second-order valence-electron chi connectivity index (χ2n) is 3.35. The van der Waals surface area contributed by atoms with Crippen LogP contribution < -0.4 is 0 Å². The van der Waals surface area contributed by atoms with E-state index in [1.54, 1.807) is 0 Å². The molecule has 0 amide bonds. The Hall–Kier alpha value is -0.340. The maximum absolute atomic E-state index is 5.75. The first-order valence-corrected chi connectivity index (χ1v) is 4.65. The number of hydrogen-bond donors (Lipinski definition) is 0. The molecule has 1 fully saturated rings. The molecule has 0 spiro atoms. The zero-order valence-corrected chi connectivity index (χ0v) is 7.84. The SMILES string of the molecule is C=CCCOC1(CCC)COC1. The molecule has 0 atom stereocenters. The summed E-state index contributed by atoms with van der Waals surface area (Å²) in [5.41, 5.74) is 0.0533. The van der Waals surface area contributed by atoms with Crippen LogP contribution in [0.1, 0.15) is 26.2 Å². The minimum atomic E-state index is 0.0533. The van der Waals surface area contributed by atoms with Crippen LogP contribution in [-0.4, -0.2) is 25.4 Å². The summed E-state index contributed by atoms with van der Waals surface area (Å²) >= 11 is 0. The van der Waals surface area contributed by atoms with Crippen LogP contribution in [0, 0.1) is 0 Å². The van der Waals surface area contributed by atoms with Crippen LogP contribution >= 0.6 is 0 Å². The van der Waals surface area contributed by atoms with Gasteiger partial charge in [-0.1, -0.05) is 19.4 Å². The van der Waals surface area contributed by atoms with E-state index >= 15 is 0 Å². The molecule has 1 aliphatic rings. The van der Waals surface area contributed by atoms with Gasteiger partial charge in [0.15, 0.2) is 0 Å². The Bertz CT molecular complexity index is 139. The Morgan fingerprint density at radius 1 is 1.58 bits per heavy atom. The molecule has 0 aliphatic carbocycles. The normalized spacial score (nSPS) is 20.1. The zero-order valence-electron chi connectivity index (χ0n) is 7.84. The highest BCUT2D eigenvalue weighted by Gasteiger charge is 2.38. The summed E-state index contributed by atoms with van der Waals surface area (Å²) in [5.74, 6) is 0. The quantitative estimate of drug-likeness (QED) is 0.449. The summed E-state index contributed by atoms with van der Waals surface area (Å²) in [6.45, 7) is 8.17. The summed E-state index contributed by atoms with van der Waals surface area (Å²) in [6.07, 6.45) is 5.10. The number of rotatable bonds is 6. The lowest BCUT2D eigenvalue weighted by Gasteiger charge is -2.41. The van der Waals surface area contributed by atoms with Crippen LogP contribution in [0.4, 0.5) is 0 Å². The van der Waals surface area contributed by atoms with E-state index in [0.29, 0.717) is 0 Å². The molecule has 1 saturated heterocycles. The predicted octanol–water partition coefficient (Wildman–Crippen LogP) is 2.15. The van der Waals surface area contributed by atoms with E-state index in [-0.39, 0.29) is 5.60 Å². The van der Waals surface area contributed by atoms with E-state index in [2.05, 4.69) is 13.5 Å². The Morgan fingerprint density at radius 2 is 2.33 bits per heavy atom. The van der Waals surface area contributed by atoms with E-state index < -0.39 is 0 Å². The van der Waals surface area contributed by atoms with Gasteiger partial charge >= 0.3 is 0 Å². The van der Waals surface area contributed by atoms with Crippen molar-refractivity contribution in [2.45, 2.75) is 31.8 Å². The third-order valence-electron chi connectivity index (χ3n) is 2.17. The van der Waals surface area contributed by atoms with E-state index in [9.17, 15) is 0 Å². The van der Waals surface area contributed by atoms with Crippen molar-refractivity contribution in [1.29, 1.82) is 0 Å². The molecule has 1 aliphatic heterocycles. The third-order valence-corrected chi connectivity index (χ3v) is 2.17. The fourth-order valence-electron chi connectivity index (χ4n) is 1.44. The molecule has 0 bridgehead atoms. The average molecular weight is 170 g/mol. The van der Waals surface area contributed by atoms with Gasteiger partial charge < -0.3 is 9.47 Å². The molecule has 2 nitrogen and oxygen atoms in total. The monoisotopic (exact) mass is 170 g/mol. The maximum atomic E-state index is 5.75. The first kappa shape index (κ1) is 9.75. The van der Waals surface area contributed by atoms with E-state index in [4.69, 9.17) is 9.47 Å². The Balaban J connectivity index is 2.19. The van der Waals surface area contributed by atoms with Crippen LogP contribution in [0.25, 0.3) is 0 Å². The van der Waals surface area contributed by atoms with Gasteiger partial charge in [0.2, 0.25) is 0 Å². The Kier molecular flexibility index (Phi) is 3.76. The first-order valence-electron chi connectivity index (χ1n) is 4.65. The minimum Gasteiger partial charge on any atom is -0.375 e. The molecule has 1 heterocycles. The molecule has 0 N–H and O–H groups in total. The smallest absolute Gasteiger partial charge is 0.115 e. The molecule has 1 rings (SSSR count). The maximum Gasteiger partial charge on any atom is 0.115 e. The van der Waals surface area contributed by atoms with Crippen molar-refractivity contribution >= 4 is 0 Å². The van der Waals surface area contributed by atoms with E-state index in [1.807, 2.05) is 6.08 Å². The molecule has 0 unspecified atom stereocenters. The molecule has 12 heavy (non-hydrogen) atoms. The van der Waals surface area contributed by atoms with Gasteiger partial charge in [0.05, 0.1) is 19.8 Å². The lowest BCUT2D eigenvalue weighted by molar-refractivity contribution is -0.212. The molecule has 0 saturated carbocycles. The van der Waals surface area contributed by atoms with Gasteiger partial charge in [0.25, 0.3) is 0 Å². The molecular weight excluding hydrogens is 152 g/mol. The second-order valence-corrected chi connectivity index (χ2v) is 3.35. The summed E-state index contributed by atoms with van der Waals surface area (Å²) < 4.78 is 10.9. The van der Waals surface area contributed by atoms with Crippen molar-refractivity contribution < 1.29 is 9.47 Å². The first-order chi connectivity index (χ1) is 5.83. The molecule has 70 valence electrons. The highest BCUT2D eigenvalue weighted by Crippen LogP contribution is 2.27. The van der Waals surface area contributed by atoms with Crippen molar-refractivity contribution in [3.63, 3.8) is 0 Å². The number of hydrogen-bond acceptors (Lipinski definition) is 2. The van der Waals surface area contributed by atoms with Crippen molar-refractivity contribution in [3.05, 3.63) is 12.7 Å². The predicted molar refractivity (Wildman–Crippen MR) is 49.2 cm³/mol. The second kappa shape index (κ2) is 4.63. The van der Waals surface area contributed by atoms with Crippen molar-refractivity contribution in [2.24, 2.45) is 0 Å². The van der Waals surface area contributed by atoms with Crippen LogP contribution in [0.15, 0.2) is 12.7 Å². The van der Waals surface area contributed by atoms with Gasteiger partial charge in [0.1, 0.15) is 5.60 Å². The number of ether oxygens (including phenoxy) is 2. The Labute approximate surface area is 74.6 Å². The standard InChI is InChI=1S/C10H18O2/c1-3-5-7-12-10(6-4-2)8-11-9-10/h3H,1,4-9H2,2H3. The van der Waals surface area contributed by atoms with Crippen LogP contribution in [0.5, 0.6) is 0 Å². The molecule has 2 heteroatoms. The van der Waals surface area contributed by atoms with Gasteiger partial charge in [-0.2, -0.15) is 0 Å². The molecule has 0 radical (unpaired) electrons. The van der Waals surface area contributed by atoms with E-state index in [1.165, 1.54) is 0 Å². The van der Waals surface area contributed by atoms with Crippen LogP contribution in [-0.2, 0) is 9.47 Å². The van der Waals surface area contributed by atoms with Gasteiger partial charge in [-0.15, -0.1) is 6.58 Å². The summed E-state index contributed by atoms with van der Waals surface area (Å²) in [7, 11) is 0. The van der Waals surface area contributed by atoms with Gasteiger partial charge in [-0.25, -0.2) is 0 Å². The van der Waals surface area contributed by atoms with Gasteiger partial charge in [-0.05, 0) is 12.8 Å². The average Bonchev–Trinajstić information content (AvgIpc) is 2.00. The summed E-state index contributed by atoms with van der Waals surface area (Å²) in [5, 5.41) is 0. The van der Waals surface area contributed by atoms with Crippen molar-refractivity contribution in [3.8, 4) is 0 Å². The highest BCUT2D eigenvalue weighted by molar-refractivity contribution is 4.87. The van der Waals surface area contributed by atoms with Crippen LogP contribution in [0.3, 0.4) is 0 Å². The largest absolute Gasteiger partial charge is 0.375 e. The van der Waals surface area contributed by atoms with Crippen LogP contribution in [0.2, 0.25) is 0 Å². The molecule has 0 aromatic rings. The molecule has 0 aromatic carbocycles.